The molecule has 1 aliphatic carbocycles. The highest BCUT2D eigenvalue weighted by Crippen LogP contribution is 2.36. The summed E-state index contributed by atoms with van der Waals surface area (Å²) >= 11 is 0. The van der Waals surface area contributed by atoms with Gasteiger partial charge < -0.3 is 19.2 Å². The Labute approximate surface area is 197 Å². The third-order valence-corrected chi connectivity index (χ3v) is 5.97. The van der Waals surface area contributed by atoms with E-state index in [0.29, 0.717) is 17.1 Å². The molecule has 1 aliphatic rings. The number of anilines is 1. The minimum atomic E-state index is -1.11. The fourth-order valence-corrected chi connectivity index (χ4v) is 4.32. The number of hydrogen-bond acceptors (Lipinski definition) is 5. The lowest BCUT2D eigenvalue weighted by Crippen LogP contribution is -2.46. The SMILES string of the molecule is COc1ccc(C(C(=O)NC2CCCC2)N(C(=O)c2ccco2)c2cccc(F)c2)cc1OC. The Morgan fingerprint density at radius 3 is 2.44 bits per heavy atom. The summed E-state index contributed by atoms with van der Waals surface area (Å²) in [6, 6.07) is 12.6. The van der Waals surface area contributed by atoms with E-state index in [9.17, 15) is 14.0 Å². The summed E-state index contributed by atoms with van der Waals surface area (Å²) in [5, 5.41) is 3.08. The third kappa shape index (κ3) is 4.90. The Morgan fingerprint density at radius 1 is 1.03 bits per heavy atom. The van der Waals surface area contributed by atoms with E-state index in [1.54, 1.807) is 30.3 Å². The normalized spacial score (nSPS) is 14.4. The van der Waals surface area contributed by atoms with Crippen molar-refractivity contribution in [2.45, 2.75) is 37.8 Å². The van der Waals surface area contributed by atoms with Crippen molar-refractivity contribution < 1.29 is 27.9 Å². The number of amides is 2. The quantitative estimate of drug-likeness (QED) is 0.512. The average Bonchev–Trinajstić information content (AvgIpc) is 3.56. The highest BCUT2D eigenvalue weighted by atomic mass is 19.1. The van der Waals surface area contributed by atoms with Crippen LogP contribution in [0.15, 0.2) is 65.3 Å². The molecule has 178 valence electrons. The number of carbonyl (C=O) groups is 2. The molecule has 2 aromatic carbocycles. The van der Waals surface area contributed by atoms with Crippen LogP contribution >= 0.6 is 0 Å². The van der Waals surface area contributed by atoms with Gasteiger partial charge in [0.2, 0.25) is 5.91 Å². The van der Waals surface area contributed by atoms with Crippen LogP contribution in [0.25, 0.3) is 0 Å². The van der Waals surface area contributed by atoms with Crippen molar-refractivity contribution >= 4 is 17.5 Å². The van der Waals surface area contributed by atoms with Crippen LogP contribution in [0.1, 0.15) is 47.8 Å². The first kappa shape index (κ1) is 23.4. The first-order valence-electron chi connectivity index (χ1n) is 11.2. The molecular weight excluding hydrogens is 439 g/mol. The molecule has 0 spiro atoms. The molecule has 1 N–H and O–H groups in total. The van der Waals surface area contributed by atoms with E-state index in [0.717, 1.165) is 25.7 Å². The van der Waals surface area contributed by atoms with E-state index < -0.39 is 17.8 Å². The maximum absolute atomic E-state index is 14.2. The van der Waals surface area contributed by atoms with Gasteiger partial charge >= 0.3 is 0 Å². The Hall–Kier alpha value is -3.81. The molecule has 0 aliphatic heterocycles. The van der Waals surface area contributed by atoms with Gasteiger partial charge in [0.1, 0.15) is 11.9 Å². The molecule has 1 aromatic heterocycles. The van der Waals surface area contributed by atoms with Crippen molar-refractivity contribution in [2.75, 3.05) is 19.1 Å². The van der Waals surface area contributed by atoms with Gasteiger partial charge in [-0.2, -0.15) is 0 Å². The lowest BCUT2D eigenvalue weighted by Gasteiger charge is -2.32. The molecule has 34 heavy (non-hydrogen) atoms. The van der Waals surface area contributed by atoms with Gasteiger partial charge in [0.05, 0.1) is 20.5 Å². The van der Waals surface area contributed by atoms with Crippen LogP contribution in [-0.4, -0.2) is 32.1 Å². The zero-order chi connectivity index (χ0) is 24.1. The van der Waals surface area contributed by atoms with E-state index >= 15 is 0 Å². The first-order chi connectivity index (χ1) is 16.5. The molecule has 2 amide bonds. The number of halogens is 1. The molecule has 1 saturated carbocycles. The van der Waals surface area contributed by atoms with Crippen LogP contribution in [0.4, 0.5) is 10.1 Å². The van der Waals surface area contributed by atoms with Crippen molar-refractivity contribution in [2.24, 2.45) is 0 Å². The minimum Gasteiger partial charge on any atom is -0.493 e. The second-order valence-corrected chi connectivity index (χ2v) is 8.14. The molecule has 0 radical (unpaired) electrons. The maximum atomic E-state index is 14.2. The molecule has 1 heterocycles. The van der Waals surface area contributed by atoms with E-state index in [2.05, 4.69) is 5.32 Å². The van der Waals surface area contributed by atoms with Crippen molar-refractivity contribution in [3.05, 3.63) is 78.0 Å². The minimum absolute atomic E-state index is 0.0169. The van der Waals surface area contributed by atoms with Crippen molar-refractivity contribution in [1.29, 1.82) is 0 Å². The van der Waals surface area contributed by atoms with E-state index in [1.165, 1.54) is 49.6 Å². The van der Waals surface area contributed by atoms with E-state index in [-0.39, 0.29) is 23.4 Å². The Balaban J connectivity index is 1.85. The summed E-state index contributed by atoms with van der Waals surface area (Å²) in [5.74, 6) is -0.556. The number of nitrogens with one attached hydrogen (secondary N) is 1. The van der Waals surface area contributed by atoms with Gasteiger partial charge in [0.15, 0.2) is 17.3 Å². The van der Waals surface area contributed by atoms with Crippen molar-refractivity contribution in [3.8, 4) is 11.5 Å². The number of benzene rings is 2. The summed E-state index contributed by atoms with van der Waals surface area (Å²) < 4.78 is 30.4. The number of ether oxygens (including phenoxy) is 2. The monoisotopic (exact) mass is 466 g/mol. The smallest absolute Gasteiger partial charge is 0.294 e. The summed E-state index contributed by atoms with van der Waals surface area (Å²) in [6.45, 7) is 0. The summed E-state index contributed by atoms with van der Waals surface area (Å²) in [6.07, 6.45) is 5.18. The molecule has 3 aromatic rings. The average molecular weight is 467 g/mol. The largest absolute Gasteiger partial charge is 0.493 e. The van der Waals surface area contributed by atoms with Crippen molar-refractivity contribution in [3.63, 3.8) is 0 Å². The van der Waals surface area contributed by atoms with Gasteiger partial charge in [-0.1, -0.05) is 25.0 Å². The molecule has 7 nitrogen and oxygen atoms in total. The van der Waals surface area contributed by atoms with Gasteiger partial charge in [0.25, 0.3) is 5.91 Å². The standard InChI is InChI=1S/C26H27FN2O5/c1-32-21-13-12-17(15-23(21)33-2)24(25(30)28-19-8-3-4-9-19)29(20-10-5-7-18(27)16-20)26(31)22-11-6-14-34-22/h5-7,10-16,19,24H,3-4,8-9H2,1-2H3,(H,28,30). The van der Waals surface area contributed by atoms with E-state index in [4.69, 9.17) is 13.9 Å². The molecule has 0 bridgehead atoms. The van der Waals surface area contributed by atoms with Crippen molar-refractivity contribution in [1.82, 2.24) is 5.32 Å². The van der Waals surface area contributed by atoms with Crippen LogP contribution in [0.3, 0.4) is 0 Å². The lowest BCUT2D eigenvalue weighted by atomic mass is 10.0. The molecule has 1 unspecified atom stereocenters. The number of hydrogen-bond donors (Lipinski definition) is 1. The predicted molar refractivity (Wildman–Crippen MR) is 125 cm³/mol. The second-order valence-electron chi connectivity index (χ2n) is 8.14. The highest BCUT2D eigenvalue weighted by molar-refractivity contribution is 6.08. The predicted octanol–water partition coefficient (Wildman–Crippen LogP) is 4.88. The highest BCUT2D eigenvalue weighted by Gasteiger charge is 2.36. The fraction of sp³-hybridized carbons (Fsp3) is 0.308. The Bertz CT molecular complexity index is 1140. The zero-order valence-electron chi connectivity index (χ0n) is 19.1. The van der Waals surface area contributed by atoms with Crippen LogP contribution < -0.4 is 19.7 Å². The Kier molecular flexibility index (Phi) is 7.15. The lowest BCUT2D eigenvalue weighted by molar-refractivity contribution is -0.123. The summed E-state index contributed by atoms with van der Waals surface area (Å²) in [4.78, 5) is 28.6. The summed E-state index contributed by atoms with van der Waals surface area (Å²) in [5.41, 5.74) is 0.708. The number of furan rings is 1. The number of nitrogens with zero attached hydrogens (tertiary/aromatic N) is 1. The number of carbonyl (C=O) groups excluding carboxylic acids is 2. The van der Waals surface area contributed by atoms with Gasteiger partial charge in [-0.25, -0.2) is 4.39 Å². The zero-order valence-corrected chi connectivity index (χ0v) is 19.1. The second kappa shape index (κ2) is 10.4. The first-order valence-corrected chi connectivity index (χ1v) is 11.2. The molecule has 4 rings (SSSR count). The van der Waals surface area contributed by atoms with Crippen LogP contribution in [0.5, 0.6) is 11.5 Å². The van der Waals surface area contributed by atoms with Crippen LogP contribution in [0, 0.1) is 5.82 Å². The van der Waals surface area contributed by atoms with E-state index in [1.807, 2.05) is 0 Å². The van der Waals surface area contributed by atoms with Gasteiger partial charge in [-0.05, 0) is 60.9 Å². The van der Waals surface area contributed by atoms with Gasteiger partial charge in [-0.15, -0.1) is 0 Å². The third-order valence-electron chi connectivity index (χ3n) is 5.97. The maximum Gasteiger partial charge on any atom is 0.294 e. The van der Waals surface area contributed by atoms with Crippen LogP contribution in [-0.2, 0) is 4.79 Å². The van der Waals surface area contributed by atoms with Crippen LogP contribution in [0.2, 0.25) is 0 Å². The van der Waals surface area contributed by atoms with Gasteiger partial charge in [0, 0.05) is 11.7 Å². The topological polar surface area (TPSA) is 81.0 Å². The molecule has 1 atom stereocenters. The summed E-state index contributed by atoms with van der Waals surface area (Å²) in [7, 11) is 3.01. The van der Waals surface area contributed by atoms with Gasteiger partial charge in [-0.3, -0.25) is 14.5 Å². The molecule has 8 heteroatoms. The fourth-order valence-electron chi connectivity index (χ4n) is 4.32. The molecular formula is C26H27FN2O5. The molecule has 1 fully saturated rings. The Morgan fingerprint density at radius 2 is 1.79 bits per heavy atom. The number of rotatable bonds is 8. The number of methoxy groups -OCH3 is 2. The molecule has 0 saturated heterocycles.